The lowest BCUT2D eigenvalue weighted by Gasteiger charge is -2.28. The normalized spacial score (nSPS) is 29.4. The summed E-state index contributed by atoms with van der Waals surface area (Å²) in [6, 6.07) is 0.734. The lowest BCUT2D eigenvalue weighted by Crippen LogP contribution is -2.42. The van der Waals surface area contributed by atoms with E-state index in [-0.39, 0.29) is 11.8 Å². The number of thioether (sulfide) groups is 1. The van der Waals surface area contributed by atoms with Gasteiger partial charge in [-0.15, -0.1) is 0 Å². The first-order valence-electron chi connectivity index (χ1n) is 6.85. The molecule has 0 heterocycles. The molecular weight excluding hydrogens is 268 g/mol. The fourth-order valence-corrected chi connectivity index (χ4v) is 4.52. The van der Waals surface area contributed by atoms with Crippen LogP contribution in [0.15, 0.2) is 0 Å². The molecule has 2 aliphatic rings. The van der Waals surface area contributed by atoms with Gasteiger partial charge in [0.15, 0.2) is 0 Å². The summed E-state index contributed by atoms with van der Waals surface area (Å²) in [4.78, 5) is 0. The second-order valence-corrected chi connectivity index (χ2v) is 8.40. The maximum Gasteiger partial charge on any atom is 0.213 e. The topological polar surface area (TPSA) is 58.2 Å². The molecule has 2 N–H and O–H groups in total. The Morgan fingerprint density at radius 2 is 1.94 bits per heavy atom. The Kier molecular flexibility index (Phi) is 5.35. The molecule has 2 saturated carbocycles. The standard InChI is InChI=1S/C12H24N2O2S2/c1-17-12-4-2-3-11(9-12)14-18(15,16)8-7-13-10-5-6-10/h10-14H,2-9H2,1H3. The van der Waals surface area contributed by atoms with Crippen molar-refractivity contribution in [2.75, 3.05) is 18.6 Å². The Bertz CT molecular complexity index is 355. The van der Waals surface area contributed by atoms with Crippen LogP contribution in [0, 0.1) is 0 Å². The van der Waals surface area contributed by atoms with Gasteiger partial charge in [-0.05, 0) is 38.4 Å². The van der Waals surface area contributed by atoms with Gasteiger partial charge in [0.05, 0.1) is 5.75 Å². The predicted molar refractivity (Wildman–Crippen MR) is 77.5 cm³/mol. The van der Waals surface area contributed by atoms with Crippen LogP contribution in [-0.4, -0.2) is 44.3 Å². The van der Waals surface area contributed by atoms with E-state index >= 15 is 0 Å². The SMILES string of the molecule is CSC1CCCC(NS(=O)(=O)CCNC2CC2)C1. The van der Waals surface area contributed by atoms with Gasteiger partial charge in [-0.3, -0.25) is 0 Å². The third kappa shape index (κ3) is 5.07. The first-order valence-corrected chi connectivity index (χ1v) is 9.79. The highest BCUT2D eigenvalue weighted by Crippen LogP contribution is 2.27. The third-order valence-electron chi connectivity index (χ3n) is 3.69. The second-order valence-electron chi connectivity index (χ2n) is 5.39. The molecule has 2 atom stereocenters. The summed E-state index contributed by atoms with van der Waals surface area (Å²) in [5, 5.41) is 3.87. The van der Waals surface area contributed by atoms with Crippen LogP contribution in [-0.2, 0) is 10.0 Å². The summed E-state index contributed by atoms with van der Waals surface area (Å²) >= 11 is 1.86. The van der Waals surface area contributed by atoms with E-state index in [1.54, 1.807) is 0 Å². The molecule has 0 aromatic heterocycles. The van der Waals surface area contributed by atoms with Crippen LogP contribution in [0.1, 0.15) is 38.5 Å². The fraction of sp³-hybridized carbons (Fsp3) is 1.00. The molecule has 0 bridgehead atoms. The molecule has 2 aliphatic carbocycles. The monoisotopic (exact) mass is 292 g/mol. The van der Waals surface area contributed by atoms with Crippen molar-refractivity contribution in [1.29, 1.82) is 0 Å². The van der Waals surface area contributed by atoms with Gasteiger partial charge in [0.1, 0.15) is 0 Å². The largest absolute Gasteiger partial charge is 0.313 e. The zero-order valence-electron chi connectivity index (χ0n) is 11.0. The summed E-state index contributed by atoms with van der Waals surface area (Å²) in [6.45, 7) is 0.582. The van der Waals surface area contributed by atoms with Crippen molar-refractivity contribution in [1.82, 2.24) is 10.0 Å². The van der Waals surface area contributed by atoms with Crippen molar-refractivity contribution >= 4 is 21.8 Å². The van der Waals surface area contributed by atoms with E-state index in [4.69, 9.17) is 0 Å². The van der Waals surface area contributed by atoms with E-state index in [0.717, 1.165) is 19.3 Å². The van der Waals surface area contributed by atoms with Crippen molar-refractivity contribution in [3.8, 4) is 0 Å². The minimum absolute atomic E-state index is 0.155. The van der Waals surface area contributed by atoms with E-state index in [1.165, 1.54) is 19.3 Å². The molecule has 0 amide bonds. The summed E-state index contributed by atoms with van der Waals surface area (Å²) in [7, 11) is -3.10. The third-order valence-corrected chi connectivity index (χ3v) is 6.22. The van der Waals surface area contributed by atoms with Gasteiger partial charge in [-0.1, -0.05) is 6.42 Å². The number of nitrogens with one attached hydrogen (secondary N) is 2. The Morgan fingerprint density at radius 1 is 1.17 bits per heavy atom. The molecule has 0 saturated heterocycles. The molecule has 0 radical (unpaired) electrons. The Morgan fingerprint density at radius 3 is 2.61 bits per heavy atom. The van der Waals surface area contributed by atoms with E-state index in [1.807, 2.05) is 11.8 Å². The van der Waals surface area contributed by atoms with Crippen LogP contribution in [0.5, 0.6) is 0 Å². The Labute approximate surface area is 115 Å². The highest BCUT2D eigenvalue weighted by Gasteiger charge is 2.26. The van der Waals surface area contributed by atoms with E-state index in [9.17, 15) is 8.42 Å². The minimum atomic E-state index is -3.10. The van der Waals surface area contributed by atoms with Gasteiger partial charge in [-0.2, -0.15) is 11.8 Å². The molecule has 4 nitrogen and oxygen atoms in total. The number of hydrogen-bond donors (Lipinski definition) is 2. The molecule has 0 spiro atoms. The van der Waals surface area contributed by atoms with E-state index < -0.39 is 10.0 Å². The van der Waals surface area contributed by atoms with Crippen molar-refractivity contribution in [3.05, 3.63) is 0 Å². The minimum Gasteiger partial charge on any atom is -0.313 e. The summed E-state index contributed by atoms with van der Waals surface area (Å²) in [5.74, 6) is 0.212. The van der Waals surface area contributed by atoms with Crippen LogP contribution in [0.4, 0.5) is 0 Å². The molecule has 18 heavy (non-hydrogen) atoms. The molecule has 0 aromatic rings. The smallest absolute Gasteiger partial charge is 0.213 e. The average Bonchev–Trinajstić information content (AvgIpc) is 3.12. The zero-order valence-corrected chi connectivity index (χ0v) is 12.7. The van der Waals surface area contributed by atoms with Gasteiger partial charge in [0, 0.05) is 23.9 Å². The van der Waals surface area contributed by atoms with E-state index in [2.05, 4.69) is 16.3 Å². The molecule has 6 heteroatoms. The van der Waals surface area contributed by atoms with Gasteiger partial charge >= 0.3 is 0 Å². The van der Waals surface area contributed by atoms with E-state index in [0.29, 0.717) is 17.8 Å². The van der Waals surface area contributed by atoms with Gasteiger partial charge < -0.3 is 5.32 Å². The molecule has 0 aromatic carbocycles. The summed E-state index contributed by atoms with van der Waals surface area (Å²) in [5.41, 5.74) is 0. The fourth-order valence-electron chi connectivity index (χ4n) is 2.46. The predicted octanol–water partition coefficient (Wildman–Crippen LogP) is 1.33. The van der Waals surface area contributed by atoms with Crippen molar-refractivity contribution in [2.45, 2.75) is 55.9 Å². The van der Waals surface area contributed by atoms with Crippen LogP contribution in [0.3, 0.4) is 0 Å². The van der Waals surface area contributed by atoms with Crippen molar-refractivity contribution < 1.29 is 8.42 Å². The zero-order chi connectivity index (χ0) is 13.0. The lowest BCUT2D eigenvalue weighted by molar-refractivity contribution is 0.420. The van der Waals surface area contributed by atoms with Crippen LogP contribution < -0.4 is 10.0 Å². The first kappa shape index (κ1) is 14.6. The van der Waals surface area contributed by atoms with Crippen molar-refractivity contribution in [2.24, 2.45) is 0 Å². The second kappa shape index (κ2) is 6.59. The molecule has 0 aliphatic heterocycles. The maximum atomic E-state index is 11.9. The van der Waals surface area contributed by atoms with Crippen molar-refractivity contribution in [3.63, 3.8) is 0 Å². The number of sulfonamides is 1. The van der Waals surface area contributed by atoms with Crippen LogP contribution in [0.2, 0.25) is 0 Å². The molecule has 2 rings (SSSR count). The molecule has 2 unspecified atom stereocenters. The van der Waals surface area contributed by atoms with Crippen LogP contribution in [0.25, 0.3) is 0 Å². The van der Waals surface area contributed by atoms with Gasteiger partial charge in [0.25, 0.3) is 0 Å². The Hall–Kier alpha value is 0.220. The molecule has 2 fully saturated rings. The van der Waals surface area contributed by atoms with Gasteiger partial charge in [-0.25, -0.2) is 13.1 Å². The molecular formula is C12H24N2O2S2. The maximum absolute atomic E-state index is 11.9. The Balaban J connectivity index is 1.71. The van der Waals surface area contributed by atoms with Crippen LogP contribution >= 0.6 is 11.8 Å². The summed E-state index contributed by atoms with van der Waals surface area (Å²) in [6.07, 6.45) is 8.85. The summed E-state index contributed by atoms with van der Waals surface area (Å²) < 4.78 is 26.7. The quantitative estimate of drug-likeness (QED) is 0.743. The van der Waals surface area contributed by atoms with Gasteiger partial charge in [0.2, 0.25) is 10.0 Å². The number of hydrogen-bond acceptors (Lipinski definition) is 4. The first-order chi connectivity index (χ1) is 8.59. The highest BCUT2D eigenvalue weighted by atomic mass is 32.2. The molecule has 106 valence electrons. The average molecular weight is 292 g/mol. The number of rotatable bonds is 7. The highest BCUT2D eigenvalue weighted by molar-refractivity contribution is 7.99. The lowest BCUT2D eigenvalue weighted by atomic mass is 9.96.